The van der Waals surface area contributed by atoms with Crippen LogP contribution in [0, 0.1) is 13.8 Å². The number of ether oxygens (including phenoxy) is 2. The summed E-state index contributed by atoms with van der Waals surface area (Å²) in [6.07, 6.45) is 0. The molecule has 0 bridgehead atoms. The van der Waals surface area contributed by atoms with Gasteiger partial charge in [-0.25, -0.2) is 9.78 Å². The van der Waals surface area contributed by atoms with Crippen LogP contribution in [0.5, 0.6) is 17.4 Å². The van der Waals surface area contributed by atoms with E-state index in [9.17, 15) is 9.90 Å². The maximum atomic E-state index is 11.3. The molecule has 2 aromatic rings. The van der Waals surface area contributed by atoms with Crippen LogP contribution >= 0.6 is 0 Å². The minimum Gasteiger partial charge on any atom is -0.497 e. The standard InChI is InChI=1S/C15H15NO4/c1-9-7-10(2)16-14(13(9)15(17)18)20-12-6-4-5-11(8-12)19-3/h4-8H,1-3H3,(H,17,18). The summed E-state index contributed by atoms with van der Waals surface area (Å²) in [5.41, 5.74) is 1.38. The molecule has 5 heteroatoms. The van der Waals surface area contributed by atoms with E-state index in [0.717, 1.165) is 0 Å². The molecule has 1 N–H and O–H groups in total. The number of pyridine rings is 1. The lowest BCUT2D eigenvalue weighted by Crippen LogP contribution is -2.06. The molecule has 5 nitrogen and oxygen atoms in total. The maximum Gasteiger partial charge on any atom is 0.341 e. The highest BCUT2D eigenvalue weighted by molar-refractivity contribution is 5.92. The van der Waals surface area contributed by atoms with Crippen molar-refractivity contribution in [3.8, 4) is 17.4 Å². The second kappa shape index (κ2) is 5.61. The first-order chi connectivity index (χ1) is 9.51. The molecule has 0 fully saturated rings. The van der Waals surface area contributed by atoms with Crippen LogP contribution in [0.25, 0.3) is 0 Å². The van der Waals surface area contributed by atoms with Crippen LogP contribution in [0.4, 0.5) is 0 Å². The molecule has 0 atom stereocenters. The molecule has 0 aliphatic heterocycles. The van der Waals surface area contributed by atoms with Gasteiger partial charge in [0.25, 0.3) is 0 Å². The Labute approximate surface area is 116 Å². The van der Waals surface area contributed by atoms with Gasteiger partial charge in [-0.05, 0) is 37.6 Å². The molecule has 104 valence electrons. The van der Waals surface area contributed by atoms with E-state index >= 15 is 0 Å². The van der Waals surface area contributed by atoms with Gasteiger partial charge in [-0.2, -0.15) is 0 Å². The summed E-state index contributed by atoms with van der Waals surface area (Å²) in [5.74, 6) is 0.129. The van der Waals surface area contributed by atoms with Crippen molar-refractivity contribution in [2.75, 3.05) is 7.11 Å². The van der Waals surface area contributed by atoms with Gasteiger partial charge in [-0.15, -0.1) is 0 Å². The smallest absolute Gasteiger partial charge is 0.341 e. The highest BCUT2D eigenvalue weighted by Gasteiger charge is 2.17. The fourth-order valence-corrected chi connectivity index (χ4v) is 1.91. The predicted molar refractivity (Wildman–Crippen MR) is 73.7 cm³/mol. The Morgan fingerprint density at radius 3 is 2.55 bits per heavy atom. The Bertz CT molecular complexity index is 652. The lowest BCUT2D eigenvalue weighted by Gasteiger charge is -2.11. The van der Waals surface area contributed by atoms with E-state index in [1.54, 1.807) is 51.3 Å². The first-order valence-electron chi connectivity index (χ1n) is 6.04. The summed E-state index contributed by atoms with van der Waals surface area (Å²) in [5, 5.41) is 9.27. The summed E-state index contributed by atoms with van der Waals surface area (Å²) in [6.45, 7) is 3.51. The van der Waals surface area contributed by atoms with Crippen molar-refractivity contribution in [3.63, 3.8) is 0 Å². The Morgan fingerprint density at radius 2 is 1.90 bits per heavy atom. The van der Waals surface area contributed by atoms with E-state index in [0.29, 0.717) is 22.8 Å². The van der Waals surface area contributed by atoms with Crippen molar-refractivity contribution < 1.29 is 19.4 Å². The SMILES string of the molecule is COc1cccc(Oc2nc(C)cc(C)c2C(=O)O)c1. The molecule has 0 saturated heterocycles. The zero-order valence-corrected chi connectivity index (χ0v) is 11.5. The van der Waals surface area contributed by atoms with Crippen LogP contribution in [0.1, 0.15) is 21.6 Å². The van der Waals surface area contributed by atoms with Gasteiger partial charge in [0.05, 0.1) is 7.11 Å². The zero-order valence-electron chi connectivity index (χ0n) is 11.5. The number of rotatable bonds is 4. The second-order valence-electron chi connectivity index (χ2n) is 4.35. The Balaban J connectivity index is 2.44. The third-order valence-corrected chi connectivity index (χ3v) is 2.78. The number of hydrogen-bond acceptors (Lipinski definition) is 4. The Morgan fingerprint density at radius 1 is 1.20 bits per heavy atom. The topological polar surface area (TPSA) is 68.7 Å². The van der Waals surface area contributed by atoms with Crippen LogP contribution in [0.3, 0.4) is 0 Å². The van der Waals surface area contributed by atoms with Crippen molar-refractivity contribution in [3.05, 3.63) is 47.2 Å². The molecular weight excluding hydrogens is 258 g/mol. The average Bonchev–Trinajstić information content (AvgIpc) is 2.37. The van der Waals surface area contributed by atoms with Gasteiger partial charge in [0.2, 0.25) is 5.88 Å². The zero-order chi connectivity index (χ0) is 14.7. The molecule has 1 aromatic carbocycles. The van der Waals surface area contributed by atoms with Crippen molar-refractivity contribution in [2.45, 2.75) is 13.8 Å². The number of aromatic carboxylic acids is 1. The van der Waals surface area contributed by atoms with Crippen molar-refractivity contribution in [1.29, 1.82) is 0 Å². The first kappa shape index (κ1) is 13.9. The third kappa shape index (κ3) is 2.88. The molecule has 0 aliphatic carbocycles. The van der Waals surface area contributed by atoms with Crippen LogP contribution < -0.4 is 9.47 Å². The van der Waals surface area contributed by atoms with Crippen molar-refractivity contribution in [2.24, 2.45) is 0 Å². The Hall–Kier alpha value is -2.56. The number of hydrogen-bond donors (Lipinski definition) is 1. The van der Waals surface area contributed by atoms with Gasteiger partial charge >= 0.3 is 5.97 Å². The monoisotopic (exact) mass is 273 g/mol. The summed E-state index contributed by atoms with van der Waals surface area (Å²) < 4.78 is 10.7. The van der Waals surface area contributed by atoms with Crippen LogP contribution in [-0.4, -0.2) is 23.2 Å². The minimum atomic E-state index is -1.06. The van der Waals surface area contributed by atoms with Gasteiger partial charge in [-0.3, -0.25) is 0 Å². The summed E-state index contributed by atoms with van der Waals surface area (Å²) >= 11 is 0. The fourth-order valence-electron chi connectivity index (χ4n) is 1.91. The quantitative estimate of drug-likeness (QED) is 0.926. The average molecular weight is 273 g/mol. The third-order valence-electron chi connectivity index (χ3n) is 2.78. The summed E-state index contributed by atoms with van der Waals surface area (Å²) in [7, 11) is 1.55. The van der Waals surface area contributed by atoms with E-state index in [1.165, 1.54) is 0 Å². The number of carboxylic acid groups (broad SMARTS) is 1. The van der Waals surface area contributed by atoms with Crippen molar-refractivity contribution >= 4 is 5.97 Å². The molecule has 0 spiro atoms. The van der Waals surface area contributed by atoms with Crippen LogP contribution in [0.2, 0.25) is 0 Å². The van der Waals surface area contributed by atoms with Gasteiger partial charge in [0.15, 0.2) is 0 Å². The maximum absolute atomic E-state index is 11.3. The molecule has 1 heterocycles. The lowest BCUT2D eigenvalue weighted by molar-refractivity contribution is 0.0692. The van der Waals surface area contributed by atoms with Gasteiger partial charge in [-0.1, -0.05) is 6.07 Å². The molecule has 2 rings (SSSR count). The number of carboxylic acids is 1. The van der Waals surface area contributed by atoms with Crippen LogP contribution in [-0.2, 0) is 0 Å². The number of aromatic nitrogens is 1. The summed E-state index contributed by atoms with van der Waals surface area (Å²) in [4.78, 5) is 15.5. The largest absolute Gasteiger partial charge is 0.497 e. The Kier molecular flexibility index (Phi) is 3.89. The van der Waals surface area contributed by atoms with E-state index in [4.69, 9.17) is 9.47 Å². The van der Waals surface area contributed by atoms with Gasteiger partial charge < -0.3 is 14.6 Å². The molecule has 0 saturated carbocycles. The number of methoxy groups -OCH3 is 1. The molecule has 1 aromatic heterocycles. The predicted octanol–water partition coefficient (Wildman–Crippen LogP) is 3.20. The molecule has 0 radical (unpaired) electrons. The fraction of sp³-hybridized carbons (Fsp3) is 0.200. The molecule has 0 unspecified atom stereocenters. The van der Waals surface area contributed by atoms with Crippen molar-refractivity contribution in [1.82, 2.24) is 4.98 Å². The second-order valence-corrected chi connectivity index (χ2v) is 4.35. The molecular formula is C15H15NO4. The van der Waals surface area contributed by atoms with Crippen LogP contribution in [0.15, 0.2) is 30.3 Å². The van der Waals surface area contributed by atoms with E-state index < -0.39 is 5.97 Å². The molecule has 0 amide bonds. The van der Waals surface area contributed by atoms with E-state index in [-0.39, 0.29) is 11.4 Å². The first-order valence-corrected chi connectivity index (χ1v) is 6.04. The summed E-state index contributed by atoms with van der Waals surface area (Å²) in [6, 6.07) is 8.64. The number of nitrogens with zero attached hydrogens (tertiary/aromatic N) is 1. The normalized spacial score (nSPS) is 10.2. The van der Waals surface area contributed by atoms with E-state index in [2.05, 4.69) is 4.98 Å². The lowest BCUT2D eigenvalue weighted by atomic mass is 10.1. The highest BCUT2D eigenvalue weighted by atomic mass is 16.5. The number of carbonyl (C=O) groups is 1. The number of aryl methyl sites for hydroxylation is 2. The molecule has 0 aliphatic rings. The van der Waals surface area contributed by atoms with E-state index in [1.807, 2.05) is 0 Å². The number of benzene rings is 1. The van der Waals surface area contributed by atoms with Gasteiger partial charge in [0, 0.05) is 11.8 Å². The molecule has 20 heavy (non-hydrogen) atoms. The highest BCUT2D eigenvalue weighted by Crippen LogP contribution is 2.28. The minimum absolute atomic E-state index is 0.0680. The van der Waals surface area contributed by atoms with Gasteiger partial charge in [0.1, 0.15) is 17.1 Å².